The Morgan fingerprint density at radius 2 is 2.38 bits per heavy atom. The Hall–Kier alpha value is -2.41. The molecule has 2 heterocycles. The number of likely N-dealkylation sites (tertiary alicyclic amines) is 1. The number of carbonyl (C=O) groups excluding carboxylic acids is 1. The highest BCUT2D eigenvalue weighted by molar-refractivity contribution is 5.74. The van der Waals surface area contributed by atoms with Gasteiger partial charge in [-0.25, -0.2) is 14.2 Å². The van der Waals surface area contributed by atoms with Gasteiger partial charge >= 0.3 is 6.03 Å². The summed E-state index contributed by atoms with van der Waals surface area (Å²) in [5.41, 5.74) is 1.14. The van der Waals surface area contributed by atoms with E-state index in [1.165, 1.54) is 6.07 Å². The van der Waals surface area contributed by atoms with Gasteiger partial charge in [0.05, 0.1) is 18.1 Å². The zero-order valence-electron chi connectivity index (χ0n) is 13.6. The number of urea groups is 1. The Morgan fingerprint density at radius 3 is 3.08 bits per heavy atom. The van der Waals surface area contributed by atoms with E-state index in [-0.39, 0.29) is 24.5 Å². The van der Waals surface area contributed by atoms with Crippen molar-refractivity contribution in [2.75, 3.05) is 20.2 Å². The van der Waals surface area contributed by atoms with Gasteiger partial charge in [-0.15, -0.1) is 0 Å². The molecule has 1 saturated heterocycles. The lowest BCUT2D eigenvalue weighted by atomic mass is 10.1. The maximum Gasteiger partial charge on any atom is 0.317 e. The van der Waals surface area contributed by atoms with Gasteiger partial charge in [0.1, 0.15) is 5.82 Å². The van der Waals surface area contributed by atoms with E-state index in [9.17, 15) is 9.18 Å². The van der Waals surface area contributed by atoms with Crippen molar-refractivity contribution in [1.29, 1.82) is 0 Å². The van der Waals surface area contributed by atoms with Gasteiger partial charge in [0.25, 0.3) is 0 Å². The molecule has 6 nitrogen and oxygen atoms in total. The van der Waals surface area contributed by atoms with Crippen molar-refractivity contribution in [3.8, 4) is 5.69 Å². The summed E-state index contributed by atoms with van der Waals surface area (Å²) < 4.78 is 21.1. The van der Waals surface area contributed by atoms with E-state index in [2.05, 4.69) is 10.3 Å². The molecule has 1 N–H and O–H groups in total. The number of nitrogens with one attached hydrogen (secondary N) is 1. The number of piperidine rings is 1. The number of carbonyl (C=O) groups is 1. The van der Waals surface area contributed by atoms with Gasteiger partial charge in [0.2, 0.25) is 0 Å². The maximum absolute atomic E-state index is 14.2. The van der Waals surface area contributed by atoms with Crippen LogP contribution in [0.15, 0.2) is 36.9 Å². The van der Waals surface area contributed by atoms with Crippen molar-refractivity contribution >= 4 is 6.03 Å². The number of rotatable bonds is 4. The van der Waals surface area contributed by atoms with Crippen LogP contribution in [0.3, 0.4) is 0 Å². The van der Waals surface area contributed by atoms with Gasteiger partial charge in [-0.2, -0.15) is 0 Å². The zero-order valence-corrected chi connectivity index (χ0v) is 13.6. The number of hydrogen-bond donors (Lipinski definition) is 1. The maximum atomic E-state index is 14.2. The molecule has 1 aliphatic heterocycles. The summed E-state index contributed by atoms with van der Waals surface area (Å²) in [6.45, 7) is 1.60. The lowest BCUT2D eigenvalue weighted by molar-refractivity contribution is 0.0434. The van der Waals surface area contributed by atoms with Crippen molar-refractivity contribution in [3.05, 3.63) is 48.3 Å². The zero-order chi connectivity index (χ0) is 16.9. The van der Waals surface area contributed by atoms with Crippen molar-refractivity contribution in [2.24, 2.45) is 0 Å². The van der Waals surface area contributed by atoms with Crippen LogP contribution in [-0.4, -0.2) is 46.8 Å². The molecule has 1 atom stereocenters. The Kier molecular flexibility index (Phi) is 5.10. The van der Waals surface area contributed by atoms with E-state index in [4.69, 9.17) is 4.74 Å². The van der Waals surface area contributed by atoms with Gasteiger partial charge < -0.3 is 19.5 Å². The van der Waals surface area contributed by atoms with Crippen LogP contribution < -0.4 is 5.32 Å². The highest BCUT2D eigenvalue weighted by atomic mass is 19.1. The molecule has 0 saturated carbocycles. The largest absolute Gasteiger partial charge is 0.380 e. The summed E-state index contributed by atoms with van der Waals surface area (Å²) in [6.07, 6.45) is 6.82. The van der Waals surface area contributed by atoms with Crippen LogP contribution in [0, 0.1) is 5.82 Å². The van der Waals surface area contributed by atoms with E-state index >= 15 is 0 Å². The van der Waals surface area contributed by atoms with E-state index in [0.717, 1.165) is 19.4 Å². The first-order chi connectivity index (χ1) is 11.7. The van der Waals surface area contributed by atoms with Gasteiger partial charge in [0.15, 0.2) is 0 Å². The minimum Gasteiger partial charge on any atom is -0.380 e. The second kappa shape index (κ2) is 7.44. The van der Waals surface area contributed by atoms with E-state index in [1.54, 1.807) is 47.4 Å². The molecule has 1 fully saturated rings. The minimum atomic E-state index is -0.350. The molecule has 0 spiro atoms. The third-order valence-electron chi connectivity index (χ3n) is 4.24. The summed E-state index contributed by atoms with van der Waals surface area (Å²) in [5.74, 6) is -0.350. The molecule has 2 amide bonds. The van der Waals surface area contributed by atoms with E-state index in [1.807, 2.05) is 0 Å². The molecule has 7 heteroatoms. The van der Waals surface area contributed by atoms with Gasteiger partial charge in [-0.1, -0.05) is 6.07 Å². The summed E-state index contributed by atoms with van der Waals surface area (Å²) in [6, 6.07) is 4.77. The predicted octanol–water partition coefficient (Wildman–Crippen LogP) is 2.33. The second-order valence-electron chi connectivity index (χ2n) is 5.86. The number of imidazole rings is 1. The average Bonchev–Trinajstić information content (AvgIpc) is 3.14. The van der Waals surface area contributed by atoms with Gasteiger partial charge in [-0.05, 0) is 30.5 Å². The third-order valence-corrected chi connectivity index (χ3v) is 4.24. The smallest absolute Gasteiger partial charge is 0.317 e. The van der Waals surface area contributed by atoms with Crippen LogP contribution in [0.2, 0.25) is 0 Å². The monoisotopic (exact) mass is 332 g/mol. The first-order valence-corrected chi connectivity index (χ1v) is 7.99. The summed E-state index contributed by atoms with van der Waals surface area (Å²) >= 11 is 0. The molecule has 1 unspecified atom stereocenters. The quantitative estimate of drug-likeness (QED) is 0.935. The Morgan fingerprint density at radius 1 is 1.50 bits per heavy atom. The fraction of sp³-hybridized carbons (Fsp3) is 0.412. The molecule has 0 radical (unpaired) electrons. The van der Waals surface area contributed by atoms with Crippen LogP contribution in [0.1, 0.15) is 18.4 Å². The Bertz CT molecular complexity index is 690. The van der Waals surface area contributed by atoms with Crippen molar-refractivity contribution in [3.63, 3.8) is 0 Å². The Labute approximate surface area is 140 Å². The van der Waals surface area contributed by atoms with E-state index < -0.39 is 0 Å². The lowest BCUT2D eigenvalue weighted by Crippen LogP contribution is -2.47. The van der Waals surface area contributed by atoms with E-state index in [0.29, 0.717) is 17.8 Å². The van der Waals surface area contributed by atoms with Crippen LogP contribution in [-0.2, 0) is 11.3 Å². The van der Waals surface area contributed by atoms with Crippen molar-refractivity contribution < 1.29 is 13.9 Å². The number of hydrogen-bond acceptors (Lipinski definition) is 3. The van der Waals surface area contributed by atoms with Gasteiger partial charge in [-0.3, -0.25) is 0 Å². The first-order valence-electron chi connectivity index (χ1n) is 7.99. The SMILES string of the molecule is COC1CCCN(C(=O)NCc2ccc(-n3ccnc3)c(F)c2)C1. The minimum absolute atomic E-state index is 0.0939. The molecule has 24 heavy (non-hydrogen) atoms. The number of aromatic nitrogens is 2. The lowest BCUT2D eigenvalue weighted by Gasteiger charge is -2.31. The van der Waals surface area contributed by atoms with Crippen molar-refractivity contribution in [2.45, 2.75) is 25.5 Å². The number of methoxy groups -OCH3 is 1. The molecule has 1 aliphatic rings. The van der Waals surface area contributed by atoms with Crippen LogP contribution in [0.5, 0.6) is 0 Å². The highest BCUT2D eigenvalue weighted by Crippen LogP contribution is 2.16. The number of halogens is 1. The number of amides is 2. The Balaban J connectivity index is 1.58. The molecular formula is C17H21FN4O2. The standard InChI is InChI=1S/C17H21FN4O2/c1-24-14-3-2-7-21(11-14)17(23)20-10-13-4-5-16(15(18)9-13)22-8-6-19-12-22/h4-6,8-9,12,14H,2-3,7,10-11H2,1H3,(H,20,23). The van der Waals surface area contributed by atoms with Crippen LogP contribution in [0.25, 0.3) is 5.69 Å². The fourth-order valence-electron chi connectivity index (χ4n) is 2.88. The second-order valence-corrected chi connectivity index (χ2v) is 5.86. The first kappa shape index (κ1) is 16.4. The summed E-state index contributed by atoms with van der Waals surface area (Å²) in [4.78, 5) is 17.9. The van der Waals surface area contributed by atoms with Crippen LogP contribution >= 0.6 is 0 Å². The molecule has 1 aromatic heterocycles. The molecule has 0 aliphatic carbocycles. The normalized spacial score (nSPS) is 17.8. The average molecular weight is 332 g/mol. The summed E-state index contributed by atoms with van der Waals surface area (Å²) in [7, 11) is 1.66. The topological polar surface area (TPSA) is 59.4 Å². The number of benzene rings is 1. The molecular weight excluding hydrogens is 311 g/mol. The summed E-state index contributed by atoms with van der Waals surface area (Å²) in [5, 5.41) is 2.84. The molecule has 0 bridgehead atoms. The van der Waals surface area contributed by atoms with Gasteiger partial charge in [0, 0.05) is 39.1 Å². The highest BCUT2D eigenvalue weighted by Gasteiger charge is 2.23. The number of nitrogens with zero attached hydrogens (tertiary/aromatic N) is 3. The number of ether oxygens (including phenoxy) is 1. The molecule has 2 aromatic rings. The molecule has 1 aromatic carbocycles. The van der Waals surface area contributed by atoms with Crippen LogP contribution in [0.4, 0.5) is 9.18 Å². The molecule has 128 valence electrons. The fourth-order valence-corrected chi connectivity index (χ4v) is 2.88. The van der Waals surface area contributed by atoms with Crippen molar-refractivity contribution in [1.82, 2.24) is 19.8 Å². The molecule has 3 rings (SSSR count). The third kappa shape index (κ3) is 3.73. The predicted molar refractivity (Wildman–Crippen MR) is 87.4 cm³/mol.